The van der Waals surface area contributed by atoms with Crippen LogP contribution in [-0.2, 0) is 14.8 Å². The standard InChI is InChI=1S/C23H22FN5O4S.Na/c1-4-12-33-18-10-8-16(9-11-18)26-22-19(24)14-25-23(28-22)27-17-7-6-15(3)20(13-17)34(31,32)29-21(30)5-2;/h1,6-11,13-14H,5,12H2,2-3H3,(H,29,30)(H2,25,26,27,28);. The molecule has 177 valence electrons. The Balaban J connectivity index is 0.00000432. The van der Waals surface area contributed by atoms with Crippen LogP contribution in [0.2, 0.25) is 0 Å². The van der Waals surface area contributed by atoms with E-state index < -0.39 is 21.7 Å². The van der Waals surface area contributed by atoms with Crippen LogP contribution in [0.1, 0.15) is 18.9 Å². The van der Waals surface area contributed by atoms with Gasteiger partial charge in [0, 0.05) is 47.4 Å². The number of nitrogens with zero attached hydrogens (tertiary/aromatic N) is 2. The quantitative estimate of drug-likeness (QED) is 0.299. The van der Waals surface area contributed by atoms with Gasteiger partial charge >= 0.3 is 0 Å². The number of ether oxygens (including phenoxy) is 1. The van der Waals surface area contributed by atoms with Crippen molar-refractivity contribution in [1.29, 1.82) is 0 Å². The first-order valence-corrected chi connectivity index (χ1v) is 11.6. The van der Waals surface area contributed by atoms with Gasteiger partial charge in [-0.1, -0.05) is 18.9 Å². The maximum Gasteiger partial charge on any atom is 0.264 e. The molecule has 1 amide bonds. The summed E-state index contributed by atoms with van der Waals surface area (Å²) >= 11 is 0. The number of anilines is 4. The van der Waals surface area contributed by atoms with Crippen LogP contribution in [0.3, 0.4) is 0 Å². The van der Waals surface area contributed by atoms with Crippen LogP contribution in [0.5, 0.6) is 5.75 Å². The number of sulfonamides is 1. The van der Waals surface area contributed by atoms with Crippen LogP contribution in [0.25, 0.3) is 0 Å². The Kier molecular flexibility index (Phi) is 10.0. The maximum atomic E-state index is 14.3. The largest absolute Gasteiger partial charge is 0.481 e. The summed E-state index contributed by atoms with van der Waals surface area (Å²) in [7, 11) is -4.06. The molecule has 0 spiro atoms. The minimum atomic E-state index is -4.06. The van der Waals surface area contributed by atoms with Gasteiger partial charge in [-0.15, -0.1) is 6.42 Å². The fraction of sp³-hybridized carbons (Fsp3) is 0.174. The van der Waals surface area contributed by atoms with Gasteiger partial charge in [0.15, 0.2) is 11.6 Å². The Labute approximate surface area is 225 Å². The second-order valence-electron chi connectivity index (χ2n) is 7.02. The molecule has 3 aromatic rings. The first-order valence-electron chi connectivity index (χ1n) is 10.1. The molecule has 0 fully saturated rings. The zero-order chi connectivity index (χ0) is 24.7. The molecule has 0 unspecified atom stereocenters. The third-order valence-corrected chi connectivity index (χ3v) is 6.00. The number of aryl methyl sites for hydroxylation is 1. The summed E-state index contributed by atoms with van der Waals surface area (Å²) in [6.45, 7) is 3.29. The molecule has 1 heterocycles. The molecular weight excluding hydrogens is 484 g/mol. The zero-order valence-electron chi connectivity index (χ0n) is 19.4. The number of hydrogen-bond donors (Lipinski definition) is 3. The van der Waals surface area contributed by atoms with Crippen LogP contribution in [0, 0.1) is 25.1 Å². The van der Waals surface area contributed by atoms with Crippen molar-refractivity contribution in [3.63, 3.8) is 0 Å². The van der Waals surface area contributed by atoms with Crippen molar-refractivity contribution in [1.82, 2.24) is 14.7 Å². The van der Waals surface area contributed by atoms with Crippen molar-refractivity contribution >= 4 is 68.6 Å². The van der Waals surface area contributed by atoms with Gasteiger partial charge in [-0.3, -0.25) is 4.79 Å². The second-order valence-corrected chi connectivity index (χ2v) is 8.67. The number of carbonyl (C=O) groups excluding carboxylic acids is 1. The fourth-order valence-corrected chi connectivity index (χ4v) is 4.11. The monoisotopic (exact) mass is 506 g/mol. The SMILES string of the molecule is C#CCOc1ccc(Nc2nc(Nc3ccc(C)c(S(=O)(=O)NC(=O)CC)c3)ncc2F)cc1.[Na]. The van der Waals surface area contributed by atoms with Gasteiger partial charge in [-0.2, -0.15) is 4.98 Å². The van der Waals surface area contributed by atoms with Crippen molar-refractivity contribution in [3.8, 4) is 18.1 Å². The first kappa shape index (κ1) is 28.1. The van der Waals surface area contributed by atoms with Crippen molar-refractivity contribution in [3.05, 3.63) is 60.0 Å². The van der Waals surface area contributed by atoms with E-state index in [1.807, 2.05) is 4.72 Å². The molecule has 0 atom stereocenters. The van der Waals surface area contributed by atoms with Gasteiger partial charge in [0.05, 0.1) is 11.1 Å². The minimum absolute atomic E-state index is 0. The van der Waals surface area contributed by atoms with E-state index in [0.29, 0.717) is 22.7 Å². The first-order chi connectivity index (χ1) is 16.2. The molecule has 0 aliphatic rings. The number of hydrogen-bond acceptors (Lipinski definition) is 8. The molecular formula is C23H22FN5NaO4S. The number of terminal acetylenes is 1. The number of amides is 1. The third-order valence-electron chi connectivity index (χ3n) is 4.49. The predicted molar refractivity (Wildman–Crippen MR) is 132 cm³/mol. The smallest absolute Gasteiger partial charge is 0.264 e. The Morgan fingerprint density at radius 1 is 1.14 bits per heavy atom. The molecule has 2 aromatic carbocycles. The van der Waals surface area contributed by atoms with E-state index in [9.17, 15) is 17.6 Å². The third kappa shape index (κ3) is 7.66. The van der Waals surface area contributed by atoms with Crippen LogP contribution in [-0.4, -0.2) is 60.5 Å². The van der Waals surface area contributed by atoms with E-state index in [1.54, 1.807) is 50.2 Å². The summed E-state index contributed by atoms with van der Waals surface area (Å²) in [6.07, 6.45) is 6.17. The van der Waals surface area contributed by atoms with Gasteiger partial charge in [-0.25, -0.2) is 22.5 Å². The summed E-state index contributed by atoms with van der Waals surface area (Å²) in [5.74, 6) is 1.56. The molecule has 35 heavy (non-hydrogen) atoms. The number of benzene rings is 2. The average molecular weight is 507 g/mol. The number of rotatable bonds is 9. The Morgan fingerprint density at radius 3 is 2.49 bits per heavy atom. The van der Waals surface area contributed by atoms with Gasteiger partial charge in [0.2, 0.25) is 11.9 Å². The molecule has 0 saturated heterocycles. The Morgan fingerprint density at radius 2 is 1.83 bits per heavy atom. The maximum absolute atomic E-state index is 14.3. The molecule has 3 N–H and O–H groups in total. The molecule has 0 aliphatic carbocycles. The van der Waals surface area contributed by atoms with Crippen LogP contribution < -0.4 is 20.1 Å². The normalized spacial score (nSPS) is 10.5. The molecule has 1 aromatic heterocycles. The topological polar surface area (TPSA) is 122 Å². The zero-order valence-corrected chi connectivity index (χ0v) is 22.2. The van der Waals surface area contributed by atoms with Gasteiger partial charge in [0.25, 0.3) is 10.0 Å². The minimum Gasteiger partial charge on any atom is -0.481 e. The van der Waals surface area contributed by atoms with E-state index >= 15 is 0 Å². The molecule has 9 nitrogen and oxygen atoms in total. The van der Waals surface area contributed by atoms with Crippen molar-refractivity contribution < 1.29 is 22.3 Å². The number of carbonyl (C=O) groups is 1. The number of halogens is 1. The van der Waals surface area contributed by atoms with E-state index in [-0.39, 0.29) is 59.2 Å². The van der Waals surface area contributed by atoms with E-state index in [4.69, 9.17) is 11.2 Å². The second kappa shape index (κ2) is 12.5. The van der Waals surface area contributed by atoms with Gasteiger partial charge in [0.1, 0.15) is 12.4 Å². The number of aromatic nitrogens is 2. The molecule has 3 rings (SSSR count). The van der Waals surface area contributed by atoms with Crippen LogP contribution >= 0.6 is 0 Å². The Bertz CT molecular complexity index is 1350. The summed E-state index contributed by atoms with van der Waals surface area (Å²) in [6, 6.07) is 11.2. The van der Waals surface area contributed by atoms with Crippen LogP contribution in [0.4, 0.5) is 27.5 Å². The summed E-state index contributed by atoms with van der Waals surface area (Å²) in [5, 5.41) is 5.70. The van der Waals surface area contributed by atoms with Crippen molar-refractivity contribution in [2.45, 2.75) is 25.2 Å². The fourth-order valence-electron chi connectivity index (χ4n) is 2.78. The summed E-state index contributed by atoms with van der Waals surface area (Å²) in [5.41, 5.74) is 1.33. The summed E-state index contributed by atoms with van der Waals surface area (Å²) < 4.78 is 46.7. The van der Waals surface area contributed by atoms with Crippen molar-refractivity contribution in [2.24, 2.45) is 0 Å². The van der Waals surface area contributed by atoms with E-state index in [1.165, 1.54) is 6.07 Å². The van der Waals surface area contributed by atoms with Gasteiger partial charge in [-0.05, 0) is 48.9 Å². The molecule has 0 bridgehead atoms. The molecule has 0 saturated carbocycles. The molecule has 12 heteroatoms. The van der Waals surface area contributed by atoms with Gasteiger partial charge < -0.3 is 15.4 Å². The Hall–Kier alpha value is -3.17. The molecule has 1 radical (unpaired) electrons. The average Bonchev–Trinajstić information content (AvgIpc) is 2.81. The predicted octanol–water partition coefficient (Wildman–Crippen LogP) is 3.26. The van der Waals surface area contributed by atoms with Crippen LogP contribution in [0.15, 0.2) is 53.6 Å². The number of nitrogens with one attached hydrogen (secondary N) is 3. The van der Waals surface area contributed by atoms with E-state index in [2.05, 4.69) is 26.5 Å². The molecule has 0 aliphatic heterocycles. The van der Waals surface area contributed by atoms with Crippen molar-refractivity contribution in [2.75, 3.05) is 17.2 Å². The summed E-state index contributed by atoms with van der Waals surface area (Å²) in [4.78, 5) is 19.5. The van der Waals surface area contributed by atoms with E-state index in [0.717, 1.165) is 6.20 Å².